The number of benzene rings is 1. The molecule has 1 aliphatic heterocycles. The molecular formula is C15H17ClF2N2S. The number of fused-ring (bicyclic) bond motifs is 1. The largest absolute Gasteiger partial charge is 0.327 e. The van der Waals surface area contributed by atoms with Crippen molar-refractivity contribution in [2.45, 2.75) is 25.8 Å². The Hall–Kier alpha value is -0.810. The van der Waals surface area contributed by atoms with E-state index < -0.39 is 11.6 Å². The summed E-state index contributed by atoms with van der Waals surface area (Å²) in [6.45, 7) is 0.770. The van der Waals surface area contributed by atoms with Gasteiger partial charge in [0.05, 0.1) is 5.52 Å². The minimum absolute atomic E-state index is 0.252. The van der Waals surface area contributed by atoms with Gasteiger partial charge in [-0.25, -0.2) is 13.8 Å². The van der Waals surface area contributed by atoms with Crippen LogP contribution < -0.4 is 0 Å². The second-order valence-electron chi connectivity index (χ2n) is 5.39. The van der Waals surface area contributed by atoms with Crippen LogP contribution in [-0.4, -0.2) is 26.9 Å². The number of halogens is 3. The van der Waals surface area contributed by atoms with Gasteiger partial charge in [-0.3, -0.25) is 0 Å². The van der Waals surface area contributed by atoms with Crippen molar-refractivity contribution in [1.29, 1.82) is 0 Å². The van der Waals surface area contributed by atoms with Gasteiger partial charge in [0.15, 0.2) is 5.82 Å². The summed E-state index contributed by atoms with van der Waals surface area (Å²) in [6.07, 6.45) is 2.85. The van der Waals surface area contributed by atoms with Crippen LogP contribution in [0.4, 0.5) is 8.78 Å². The highest BCUT2D eigenvalue weighted by Crippen LogP contribution is 2.28. The molecule has 1 aromatic heterocycles. The molecule has 0 spiro atoms. The number of imidazole rings is 1. The van der Waals surface area contributed by atoms with E-state index in [-0.39, 0.29) is 5.52 Å². The summed E-state index contributed by atoms with van der Waals surface area (Å²) in [6, 6.07) is 2.27. The Morgan fingerprint density at radius 1 is 1.29 bits per heavy atom. The van der Waals surface area contributed by atoms with E-state index in [1.807, 2.05) is 16.3 Å². The summed E-state index contributed by atoms with van der Waals surface area (Å²) < 4.78 is 29.4. The lowest BCUT2D eigenvalue weighted by atomic mass is 10.0. The summed E-state index contributed by atoms with van der Waals surface area (Å²) >= 11 is 7.79. The van der Waals surface area contributed by atoms with Gasteiger partial charge in [-0.2, -0.15) is 11.8 Å². The zero-order valence-electron chi connectivity index (χ0n) is 11.6. The maximum atomic E-state index is 13.9. The van der Waals surface area contributed by atoms with Crippen molar-refractivity contribution in [2.24, 2.45) is 5.92 Å². The lowest BCUT2D eigenvalue weighted by Crippen LogP contribution is -2.18. The van der Waals surface area contributed by atoms with Crippen LogP contribution in [0.1, 0.15) is 18.7 Å². The Balaban J connectivity index is 2.02. The second-order valence-corrected chi connectivity index (χ2v) is 6.99. The molecule has 0 saturated carbocycles. The Labute approximate surface area is 131 Å². The monoisotopic (exact) mass is 330 g/mol. The number of thioether (sulfide) groups is 1. The minimum Gasteiger partial charge on any atom is -0.327 e. The molecule has 0 radical (unpaired) electrons. The molecule has 0 atom stereocenters. The number of alkyl halides is 1. The third-order valence-electron chi connectivity index (χ3n) is 3.95. The van der Waals surface area contributed by atoms with Crippen LogP contribution in [0.5, 0.6) is 0 Å². The highest BCUT2D eigenvalue weighted by molar-refractivity contribution is 7.99. The second kappa shape index (κ2) is 6.53. The molecule has 2 aromatic rings. The van der Waals surface area contributed by atoms with E-state index in [2.05, 4.69) is 4.98 Å². The summed E-state index contributed by atoms with van der Waals surface area (Å²) in [5.41, 5.74) is 0.799. The predicted molar refractivity (Wildman–Crippen MR) is 84.1 cm³/mol. The first kappa shape index (κ1) is 15.1. The average molecular weight is 331 g/mol. The van der Waals surface area contributed by atoms with Crippen LogP contribution in [0.25, 0.3) is 11.0 Å². The molecule has 2 nitrogen and oxygen atoms in total. The van der Waals surface area contributed by atoms with Gasteiger partial charge >= 0.3 is 0 Å². The fourth-order valence-corrected chi connectivity index (χ4v) is 4.24. The number of nitrogens with zero attached hydrogens (tertiary/aromatic N) is 2. The van der Waals surface area contributed by atoms with Crippen molar-refractivity contribution in [3.63, 3.8) is 0 Å². The predicted octanol–water partition coefficient (Wildman–Crippen LogP) is 4.24. The van der Waals surface area contributed by atoms with Crippen LogP contribution in [0.15, 0.2) is 12.1 Å². The van der Waals surface area contributed by atoms with Gasteiger partial charge in [-0.15, -0.1) is 11.6 Å². The fraction of sp³-hybridized carbons (Fsp3) is 0.533. The van der Waals surface area contributed by atoms with E-state index in [9.17, 15) is 8.78 Å². The highest BCUT2D eigenvalue weighted by Gasteiger charge is 2.20. The summed E-state index contributed by atoms with van der Waals surface area (Å²) in [5, 5.41) is 0. The number of hydrogen-bond donors (Lipinski definition) is 0. The molecule has 114 valence electrons. The van der Waals surface area contributed by atoms with Crippen molar-refractivity contribution in [2.75, 3.05) is 17.4 Å². The van der Waals surface area contributed by atoms with E-state index in [1.165, 1.54) is 6.07 Å². The van der Waals surface area contributed by atoms with Gasteiger partial charge in [-0.05, 0) is 36.3 Å². The zero-order chi connectivity index (χ0) is 14.8. The Morgan fingerprint density at radius 3 is 2.76 bits per heavy atom. The summed E-state index contributed by atoms with van der Waals surface area (Å²) in [4.78, 5) is 4.34. The Morgan fingerprint density at radius 2 is 2.05 bits per heavy atom. The zero-order valence-corrected chi connectivity index (χ0v) is 13.2. The van der Waals surface area contributed by atoms with Crippen LogP contribution in [-0.2, 0) is 13.0 Å². The molecule has 0 N–H and O–H groups in total. The van der Waals surface area contributed by atoms with Crippen molar-refractivity contribution in [1.82, 2.24) is 9.55 Å². The van der Waals surface area contributed by atoms with E-state index >= 15 is 0 Å². The molecule has 0 unspecified atom stereocenters. The Kier molecular flexibility index (Phi) is 4.69. The number of hydrogen-bond acceptors (Lipinski definition) is 2. The smallest absolute Gasteiger partial charge is 0.153 e. The van der Waals surface area contributed by atoms with Gasteiger partial charge < -0.3 is 4.57 Å². The fourth-order valence-electron chi connectivity index (χ4n) is 2.86. The molecule has 0 amide bonds. The van der Waals surface area contributed by atoms with Gasteiger partial charge in [0.2, 0.25) is 0 Å². The molecule has 1 fully saturated rings. The Bertz CT molecular complexity index is 638. The van der Waals surface area contributed by atoms with Gasteiger partial charge in [0.25, 0.3) is 0 Å². The quantitative estimate of drug-likeness (QED) is 0.780. The highest BCUT2D eigenvalue weighted by atomic mass is 35.5. The van der Waals surface area contributed by atoms with Crippen LogP contribution in [0.2, 0.25) is 0 Å². The van der Waals surface area contributed by atoms with Crippen LogP contribution >= 0.6 is 23.4 Å². The van der Waals surface area contributed by atoms with Gasteiger partial charge in [0.1, 0.15) is 17.2 Å². The maximum absolute atomic E-state index is 13.9. The first-order chi connectivity index (χ1) is 10.2. The van der Waals surface area contributed by atoms with Gasteiger partial charge in [0, 0.05) is 24.9 Å². The van der Waals surface area contributed by atoms with E-state index in [1.54, 1.807) is 0 Å². The van der Waals surface area contributed by atoms with E-state index in [0.717, 1.165) is 42.8 Å². The molecule has 1 saturated heterocycles. The number of rotatable bonds is 4. The van der Waals surface area contributed by atoms with Crippen molar-refractivity contribution >= 4 is 34.4 Å². The molecule has 0 aliphatic carbocycles. The van der Waals surface area contributed by atoms with Crippen LogP contribution in [0.3, 0.4) is 0 Å². The molecule has 0 bridgehead atoms. The molecular weight excluding hydrogens is 314 g/mol. The first-order valence-corrected chi connectivity index (χ1v) is 8.86. The van der Waals surface area contributed by atoms with Gasteiger partial charge in [-0.1, -0.05) is 0 Å². The molecule has 2 heterocycles. The third-order valence-corrected chi connectivity index (χ3v) is 5.19. The molecule has 3 rings (SSSR count). The van der Waals surface area contributed by atoms with E-state index in [4.69, 9.17) is 11.6 Å². The molecule has 21 heavy (non-hydrogen) atoms. The SMILES string of the molecule is Fc1cc(F)c2nc(CCCl)n(CC3CCSCC3)c2c1. The molecule has 6 heteroatoms. The standard InChI is InChI=1S/C15H17ClF2N2S/c16-4-1-14-19-15-12(18)7-11(17)8-13(15)20(14)9-10-2-5-21-6-3-10/h7-8,10H,1-6,9H2. The lowest BCUT2D eigenvalue weighted by molar-refractivity contribution is 0.415. The van der Waals surface area contributed by atoms with Crippen molar-refractivity contribution in [3.8, 4) is 0 Å². The number of aromatic nitrogens is 2. The molecule has 1 aliphatic rings. The maximum Gasteiger partial charge on any atom is 0.153 e. The molecule has 1 aromatic carbocycles. The summed E-state index contributed by atoms with van der Waals surface area (Å²) in [7, 11) is 0. The lowest BCUT2D eigenvalue weighted by Gasteiger charge is -2.23. The van der Waals surface area contributed by atoms with Crippen LogP contribution in [0, 0.1) is 17.6 Å². The number of aryl methyl sites for hydroxylation is 1. The first-order valence-electron chi connectivity index (χ1n) is 7.17. The normalized spacial score (nSPS) is 16.7. The van der Waals surface area contributed by atoms with Crippen molar-refractivity contribution < 1.29 is 8.78 Å². The topological polar surface area (TPSA) is 17.8 Å². The third kappa shape index (κ3) is 3.19. The summed E-state index contributed by atoms with van der Waals surface area (Å²) in [5.74, 6) is 2.88. The van der Waals surface area contributed by atoms with Crippen molar-refractivity contribution in [3.05, 3.63) is 29.6 Å². The minimum atomic E-state index is -0.598. The average Bonchev–Trinajstić information content (AvgIpc) is 2.79. The van der Waals surface area contributed by atoms with E-state index in [0.29, 0.717) is 23.7 Å².